The van der Waals surface area contributed by atoms with Gasteiger partial charge in [0.25, 0.3) is 5.82 Å². The van der Waals surface area contributed by atoms with Crippen LogP contribution in [0.25, 0.3) is 11.5 Å². The summed E-state index contributed by atoms with van der Waals surface area (Å²) >= 11 is 13.5. The molecular weight excluding hydrogens is 429 g/mol. The highest BCUT2D eigenvalue weighted by atomic mass is 35.5. The predicted octanol–water partition coefficient (Wildman–Crippen LogP) is 4.77. The van der Waals surface area contributed by atoms with Crippen LogP contribution in [0.15, 0.2) is 39.2 Å². The first-order valence-electron chi connectivity index (χ1n) is 8.36. The largest absolute Gasteiger partial charge is 0.441 e. The average molecular weight is 445 g/mol. The van der Waals surface area contributed by atoms with Gasteiger partial charge < -0.3 is 4.42 Å². The molecule has 4 heterocycles. The van der Waals surface area contributed by atoms with Crippen molar-refractivity contribution in [3.05, 3.63) is 45.7 Å². The zero-order valence-electron chi connectivity index (χ0n) is 14.4. The van der Waals surface area contributed by atoms with E-state index >= 15 is 0 Å². The molecule has 0 N–H and O–H groups in total. The number of aryl methyl sites for hydroxylation is 1. The minimum absolute atomic E-state index is 0.217. The summed E-state index contributed by atoms with van der Waals surface area (Å²) in [6.07, 6.45) is 4.72. The van der Waals surface area contributed by atoms with Gasteiger partial charge in [0.05, 0.1) is 16.1 Å². The second-order valence-corrected chi connectivity index (χ2v) is 10.7. The van der Waals surface area contributed by atoms with Gasteiger partial charge in [-0.25, -0.2) is 9.97 Å². The lowest BCUT2D eigenvalue weighted by Crippen LogP contribution is -2.63. The first-order chi connectivity index (χ1) is 12.9. The van der Waals surface area contributed by atoms with Gasteiger partial charge in [0, 0.05) is 19.0 Å². The van der Waals surface area contributed by atoms with Crippen LogP contribution in [0, 0.1) is 0 Å². The highest BCUT2D eigenvalue weighted by Crippen LogP contribution is 2.43. The van der Waals surface area contributed by atoms with Gasteiger partial charge in [-0.05, 0) is 18.2 Å². The molecule has 1 fully saturated rings. The molecule has 0 atom stereocenters. The minimum Gasteiger partial charge on any atom is -0.441 e. The van der Waals surface area contributed by atoms with Crippen LogP contribution in [0.4, 0.5) is 5.82 Å². The van der Waals surface area contributed by atoms with E-state index < -0.39 is 10.0 Å². The molecule has 0 saturated carbocycles. The molecule has 0 aromatic carbocycles. The summed E-state index contributed by atoms with van der Waals surface area (Å²) < 4.78 is 32.6. The van der Waals surface area contributed by atoms with E-state index in [1.807, 2.05) is 6.92 Å². The molecule has 4 rings (SSSR count). The molecular formula is C17H16Cl2N3O3S2+. The lowest BCUT2D eigenvalue weighted by atomic mass is 10.2. The molecule has 10 heteroatoms. The van der Waals surface area contributed by atoms with Gasteiger partial charge in [-0.3, -0.25) is 0 Å². The Balaban J connectivity index is 1.77. The van der Waals surface area contributed by atoms with Crippen molar-refractivity contribution in [3.8, 4) is 11.5 Å². The van der Waals surface area contributed by atoms with Crippen molar-refractivity contribution >= 4 is 50.4 Å². The van der Waals surface area contributed by atoms with Crippen LogP contribution < -0.4 is 3.89 Å². The van der Waals surface area contributed by atoms with E-state index in [-0.39, 0.29) is 13.1 Å². The summed E-state index contributed by atoms with van der Waals surface area (Å²) in [6, 6.07) is 4.77. The van der Waals surface area contributed by atoms with Gasteiger partial charge in [0.15, 0.2) is 4.21 Å². The number of hydrogen-bond donors (Lipinski definition) is 0. The lowest BCUT2D eigenvalue weighted by molar-refractivity contribution is 0.300. The van der Waals surface area contributed by atoms with E-state index in [9.17, 15) is 8.42 Å². The Labute approximate surface area is 171 Å². The molecule has 0 radical (unpaired) electrons. The van der Waals surface area contributed by atoms with Gasteiger partial charge in [-0.15, -0.1) is 11.3 Å². The van der Waals surface area contributed by atoms with E-state index in [2.05, 4.69) is 9.97 Å². The summed E-state index contributed by atoms with van der Waals surface area (Å²) in [5.74, 6) is 1.49. The monoisotopic (exact) mass is 444 g/mol. The fraction of sp³-hybridized carbons (Fsp3) is 0.294. The van der Waals surface area contributed by atoms with Crippen LogP contribution in [0.2, 0.25) is 9.36 Å². The lowest BCUT2D eigenvalue weighted by Gasteiger charge is -2.41. The van der Waals surface area contributed by atoms with Crippen molar-refractivity contribution in [2.45, 2.75) is 24.0 Å². The zero-order valence-corrected chi connectivity index (χ0v) is 17.5. The Morgan fingerprint density at radius 1 is 1.22 bits per heavy atom. The topological polar surface area (TPSA) is 73.1 Å². The molecule has 6 nitrogen and oxygen atoms in total. The van der Waals surface area contributed by atoms with E-state index in [1.165, 1.54) is 6.07 Å². The van der Waals surface area contributed by atoms with Crippen LogP contribution in [-0.4, -0.2) is 31.5 Å². The summed E-state index contributed by atoms with van der Waals surface area (Å²) in [5.41, 5.74) is 0.610. The molecule has 3 aromatic rings. The number of sulfonamides is 1. The minimum atomic E-state index is -3.71. The van der Waals surface area contributed by atoms with Crippen LogP contribution in [0.3, 0.4) is 0 Å². The van der Waals surface area contributed by atoms with Crippen LogP contribution in [-0.2, 0) is 16.4 Å². The van der Waals surface area contributed by atoms with Gasteiger partial charge in [-0.1, -0.05) is 30.1 Å². The average Bonchev–Trinajstić information content (AvgIpc) is 3.24. The van der Waals surface area contributed by atoms with E-state index in [1.54, 1.807) is 24.5 Å². The fourth-order valence-electron chi connectivity index (χ4n) is 3.07. The second-order valence-electron chi connectivity index (χ2n) is 6.24. The third kappa shape index (κ3) is 3.00. The van der Waals surface area contributed by atoms with Gasteiger partial charge in [-0.2, -0.15) is 12.3 Å². The van der Waals surface area contributed by atoms with Crippen molar-refractivity contribution in [2.75, 3.05) is 13.1 Å². The number of hydrogen-bond acceptors (Lipinski definition) is 6. The summed E-state index contributed by atoms with van der Waals surface area (Å²) in [6.45, 7) is 2.81. The number of rotatable bonds is 5. The first-order valence-corrected chi connectivity index (χ1v) is 11.4. The Morgan fingerprint density at radius 3 is 2.52 bits per heavy atom. The molecule has 0 bridgehead atoms. The Hall–Kier alpha value is -1.45. The summed E-state index contributed by atoms with van der Waals surface area (Å²) in [7, 11) is -3.71. The van der Waals surface area contributed by atoms with Crippen molar-refractivity contribution in [1.29, 1.82) is 0 Å². The van der Waals surface area contributed by atoms with Crippen molar-refractivity contribution in [2.24, 2.45) is 0 Å². The van der Waals surface area contributed by atoms with Crippen LogP contribution in [0.1, 0.15) is 19.1 Å². The number of pyridine rings is 1. The van der Waals surface area contributed by atoms with E-state index in [0.717, 1.165) is 29.9 Å². The maximum Gasteiger partial charge on any atom is 0.342 e. The zero-order chi connectivity index (χ0) is 19.2. The molecule has 27 heavy (non-hydrogen) atoms. The van der Waals surface area contributed by atoms with Crippen LogP contribution >= 0.6 is 34.5 Å². The fourth-order valence-corrected chi connectivity index (χ4v) is 7.18. The van der Waals surface area contributed by atoms with Gasteiger partial charge >= 0.3 is 10.0 Å². The maximum absolute atomic E-state index is 13.3. The molecule has 0 aliphatic carbocycles. The maximum atomic E-state index is 13.3. The molecule has 0 unspecified atom stereocenters. The Morgan fingerprint density at radius 2 is 2.00 bits per heavy atom. The number of thiophene rings is 1. The normalized spacial score (nSPS) is 16.3. The predicted molar refractivity (Wildman–Crippen MR) is 107 cm³/mol. The Kier molecular flexibility index (Phi) is 4.80. The third-order valence-corrected chi connectivity index (χ3v) is 8.95. The summed E-state index contributed by atoms with van der Waals surface area (Å²) in [5, 5.41) is 0.273. The van der Waals surface area contributed by atoms with Crippen molar-refractivity contribution in [3.63, 3.8) is 0 Å². The van der Waals surface area contributed by atoms with E-state index in [0.29, 0.717) is 34.7 Å². The standard InChI is InChI=1S/C17H16Cl2N3O3S2/c1-2-12-10-21-17(25-12)11-8-13(18)16(20-9-11)22(6-3-7-22)27(23,24)15-5-4-14(19)26-15/h4-5,8-10H,2-3,6-7H2,1H3/q+1. The second kappa shape index (κ2) is 6.86. The first kappa shape index (κ1) is 18.9. The molecule has 1 aliphatic rings. The SMILES string of the molecule is CCc1cnc(-c2cnc([N+]3(S(=O)(=O)c4ccc(Cl)s4)CCC3)c(Cl)c2)o1. The molecule has 3 aromatic heterocycles. The van der Waals surface area contributed by atoms with Crippen LogP contribution in [0.5, 0.6) is 0 Å². The number of halogens is 2. The Bertz CT molecular complexity index is 1100. The molecule has 1 saturated heterocycles. The quantitative estimate of drug-likeness (QED) is 0.529. The molecule has 0 amide bonds. The number of quaternary nitrogens is 1. The van der Waals surface area contributed by atoms with E-state index in [4.69, 9.17) is 27.6 Å². The summed E-state index contributed by atoms with van der Waals surface area (Å²) in [4.78, 5) is 8.64. The number of aromatic nitrogens is 2. The molecule has 142 valence electrons. The van der Waals surface area contributed by atoms with Gasteiger partial charge in [0.1, 0.15) is 23.9 Å². The highest BCUT2D eigenvalue weighted by Gasteiger charge is 2.53. The van der Waals surface area contributed by atoms with Crippen molar-refractivity contribution < 1.29 is 12.8 Å². The highest BCUT2D eigenvalue weighted by molar-refractivity contribution is 7.93. The smallest absolute Gasteiger partial charge is 0.342 e. The van der Waals surface area contributed by atoms with Crippen molar-refractivity contribution in [1.82, 2.24) is 13.9 Å². The van der Waals surface area contributed by atoms with Gasteiger partial charge in [0.2, 0.25) is 5.89 Å². The number of nitrogens with zero attached hydrogens (tertiary/aromatic N) is 3. The molecule has 1 aliphatic heterocycles. The molecule has 0 spiro atoms. The third-order valence-electron chi connectivity index (χ3n) is 4.66. The number of oxazole rings is 1.